The lowest BCUT2D eigenvalue weighted by Gasteiger charge is -2.23. The zero-order chi connectivity index (χ0) is 30.1. The van der Waals surface area contributed by atoms with E-state index in [9.17, 15) is 24.0 Å². The number of hydrogen-bond donors (Lipinski definition) is 3. The summed E-state index contributed by atoms with van der Waals surface area (Å²) in [5.74, 6) is -1.96. The summed E-state index contributed by atoms with van der Waals surface area (Å²) in [5, 5.41) is 8.27. The molecule has 0 saturated carbocycles. The van der Waals surface area contributed by atoms with Crippen molar-refractivity contribution >= 4 is 41.1 Å². The van der Waals surface area contributed by atoms with Gasteiger partial charge in [0.1, 0.15) is 13.1 Å². The van der Waals surface area contributed by atoms with Gasteiger partial charge in [0, 0.05) is 19.3 Å². The Bertz CT molecular complexity index is 1450. The summed E-state index contributed by atoms with van der Waals surface area (Å²) in [6, 6.07) is 21.9. The summed E-state index contributed by atoms with van der Waals surface area (Å²) < 4.78 is 5.06. The second-order valence-electron chi connectivity index (χ2n) is 9.68. The number of likely N-dealkylation sites (N-methyl/N-ethyl adjacent to an activating group) is 1. The standard InChI is InChI=1S/C31H33N5O6/c1-3-42-29(39)17-25(22-12-8-5-9-13-22)34-27(37)19-36-20-28(38)35(2)26-15-14-23(16-24(26)30(36)40)33-31(41)32-18-21-10-6-4-7-11-21/h4-16,25H,3,17-20H2,1-2H3,(H,34,37)(H2,32,33,41). The quantitative estimate of drug-likeness (QED) is 0.320. The number of urea groups is 1. The molecule has 3 aromatic rings. The molecule has 1 unspecified atom stereocenters. The summed E-state index contributed by atoms with van der Waals surface area (Å²) in [6.45, 7) is 1.47. The first kappa shape index (κ1) is 29.8. The molecule has 11 nitrogen and oxygen atoms in total. The SMILES string of the molecule is CCOC(=O)CC(NC(=O)CN1CC(=O)N(C)c2ccc(NC(=O)NCc3ccccc3)cc2C1=O)c1ccccc1. The highest BCUT2D eigenvalue weighted by atomic mass is 16.5. The number of nitrogens with one attached hydrogen (secondary N) is 3. The van der Waals surface area contributed by atoms with Gasteiger partial charge in [0.05, 0.1) is 30.3 Å². The number of benzene rings is 3. The summed E-state index contributed by atoms with van der Waals surface area (Å²) in [5.41, 5.74) is 2.48. The van der Waals surface area contributed by atoms with Gasteiger partial charge in [-0.2, -0.15) is 0 Å². The van der Waals surface area contributed by atoms with E-state index in [4.69, 9.17) is 4.74 Å². The zero-order valence-electron chi connectivity index (χ0n) is 23.5. The van der Waals surface area contributed by atoms with Crippen LogP contribution in [0.5, 0.6) is 0 Å². The monoisotopic (exact) mass is 571 g/mol. The van der Waals surface area contributed by atoms with Crippen LogP contribution in [0.15, 0.2) is 78.9 Å². The van der Waals surface area contributed by atoms with E-state index in [1.165, 1.54) is 11.0 Å². The lowest BCUT2D eigenvalue weighted by Crippen LogP contribution is -2.44. The van der Waals surface area contributed by atoms with E-state index in [0.29, 0.717) is 23.5 Å². The molecule has 3 N–H and O–H groups in total. The number of ether oxygens (including phenoxy) is 1. The van der Waals surface area contributed by atoms with Gasteiger partial charge in [-0.3, -0.25) is 19.2 Å². The Hall–Kier alpha value is -5.19. The molecule has 3 aromatic carbocycles. The second kappa shape index (κ2) is 13.9. The lowest BCUT2D eigenvalue weighted by atomic mass is 10.0. The van der Waals surface area contributed by atoms with Gasteiger partial charge < -0.3 is 30.5 Å². The molecule has 42 heavy (non-hydrogen) atoms. The van der Waals surface area contributed by atoms with Crippen molar-refractivity contribution < 1.29 is 28.7 Å². The summed E-state index contributed by atoms with van der Waals surface area (Å²) in [4.78, 5) is 66.9. The van der Waals surface area contributed by atoms with Crippen LogP contribution in [0.25, 0.3) is 0 Å². The van der Waals surface area contributed by atoms with E-state index in [0.717, 1.165) is 10.5 Å². The number of hydrogen-bond acceptors (Lipinski definition) is 6. The van der Waals surface area contributed by atoms with Crippen molar-refractivity contribution in [1.82, 2.24) is 15.5 Å². The minimum atomic E-state index is -0.685. The number of esters is 1. The number of amides is 5. The number of anilines is 2. The first-order valence-corrected chi connectivity index (χ1v) is 13.5. The Balaban J connectivity index is 1.47. The Morgan fingerprint density at radius 2 is 1.64 bits per heavy atom. The maximum Gasteiger partial charge on any atom is 0.319 e. The molecular formula is C31H33N5O6. The predicted octanol–water partition coefficient (Wildman–Crippen LogP) is 3.24. The first-order valence-electron chi connectivity index (χ1n) is 13.5. The maximum atomic E-state index is 13.6. The van der Waals surface area contributed by atoms with Crippen LogP contribution in [0.3, 0.4) is 0 Å². The molecule has 0 spiro atoms. The fraction of sp³-hybridized carbons (Fsp3) is 0.258. The molecule has 0 aromatic heterocycles. The van der Waals surface area contributed by atoms with Gasteiger partial charge in [-0.25, -0.2) is 4.79 Å². The third-order valence-electron chi connectivity index (χ3n) is 6.68. The molecule has 0 saturated heterocycles. The van der Waals surface area contributed by atoms with Crippen LogP contribution >= 0.6 is 0 Å². The fourth-order valence-electron chi connectivity index (χ4n) is 4.54. The van der Waals surface area contributed by atoms with Crippen LogP contribution in [0.1, 0.15) is 40.9 Å². The maximum absolute atomic E-state index is 13.6. The van der Waals surface area contributed by atoms with Crippen LogP contribution in [-0.2, 0) is 25.7 Å². The van der Waals surface area contributed by atoms with Crippen molar-refractivity contribution in [3.63, 3.8) is 0 Å². The Morgan fingerprint density at radius 3 is 2.33 bits per heavy atom. The fourth-order valence-corrected chi connectivity index (χ4v) is 4.54. The lowest BCUT2D eigenvalue weighted by molar-refractivity contribution is -0.143. The molecule has 218 valence electrons. The van der Waals surface area contributed by atoms with Crippen molar-refractivity contribution in [3.05, 3.63) is 95.6 Å². The topological polar surface area (TPSA) is 137 Å². The molecular weight excluding hydrogens is 538 g/mol. The van der Waals surface area contributed by atoms with E-state index in [1.54, 1.807) is 50.4 Å². The van der Waals surface area contributed by atoms with Crippen LogP contribution < -0.4 is 20.9 Å². The van der Waals surface area contributed by atoms with Crippen LogP contribution in [0.2, 0.25) is 0 Å². The van der Waals surface area contributed by atoms with Crippen molar-refractivity contribution in [3.8, 4) is 0 Å². The van der Waals surface area contributed by atoms with Crippen LogP contribution in [-0.4, -0.2) is 61.4 Å². The average Bonchev–Trinajstić information content (AvgIpc) is 3.07. The van der Waals surface area contributed by atoms with Gasteiger partial charge in [0.15, 0.2) is 0 Å². The minimum absolute atomic E-state index is 0.0938. The Kier molecular flexibility index (Phi) is 9.88. The summed E-state index contributed by atoms with van der Waals surface area (Å²) >= 11 is 0. The van der Waals surface area contributed by atoms with Gasteiger partial charge in [-0.15, -0.1) is 0 Å². The molecule has 1 aliphatic rings. The number of carbonyl (C=O) groups excluding carboxylic acids is 5. The molecule has 0 fully saturated rings. The molecule has 4 rings (SSSR count). The zero-order valence-corrected chi connectivity index (χ0v) is 23.5. The normalized spacial score (nSPS) is 13.5. The van der Waals surface area contributed by atoms with Gasteiger partial charge in [-0.05, 0) is 36.2 Å². The van der Waals surface area contributed by atoms with Crippen molar-refractivity contribution in [1.29, 1.82) is 0 Å². The van der Waals surface area contributed by atoms with Crippen molar-refractivity contribution in [2.45, 2.75) is 25.9 Å². The molecule has 0 aliphatic carbocycles. The minimum Gasteiger partial charge on any atom is -0.466 e. The number of fused-ring (bicyclic) bond motifs is 1. The molecule has 0 radical (unpaired) electrons. The van der Waals surface area contributed by atoms with E-state index in [2.05, 4.69) is 16.0 Å². The van der Waals surface area contributed by atoms with E-state index >= 15 is 0 Å². The predicted molar refractivity (Wildman–Crippen MR) is 157 cm³/mol. The van der Waals surface area contributed by atoms with E-state index in [1.807, 2.05) is 36.4 Å². The highest BCUT2D eigenvalue weighted by Crippen LogP contribution is 2.28. The highest BCUT2D eigenvalue weighted by molar-refractivity contribution is 6.11. The molecule has 1 heterocycles. The smallest absolute Gasteiger partial charge is 0.319 e. The largest absolute Gasteiger partial charge is 0.466 e. The summed E-state index contributed by atoms with van der Waals surface area (Å²) in [6.07, 6.45) is -0.0938. The second-order valence-corrected chi connectivity index (χ2v) is 9.68. The third-order valence-corrected chi connectivity index (χ3v) is 6.68. The van der Waals surface area contributed by atoms with E-state index < -0.39 is 36.4 Å². The molecule has 11 heteroatoms. The number of rotatable bonds is 10. The molecule has 5 amide bonds. The van der Waals surface area contributed by atoms with Crippen LogP contribution in [0, 0.1) is 0 Å². The average molecular weight is 572 g/mol. The Labute approximate surface area is 243 Å². The Morgan fingerprint density at radius 1 is 0.952 bits per heavy atom. The van der Waals surface area contributed by atoms with Gasteiger partial charge >= 0.3 is 12.0 Å². The van der Waals surface area contributed by atoms with Gasteiger partial charge in [0.2, 0.25) is 11.8 Å². The summed E-state index contributed by atoms with van der Waals surface area (Å²) in [7, 11) is 1.54. The number of carbonyl (C=O) groups is 5. The first-order chi connectivity index (χ1) is 20.2. The number of nitrogens with zero attached hydrogens (tertiary/aromatic N) is 2. The molecule has 0 bridgehead atoms. The van der Waals surface area contributed by atoms with Gasteiger partial charge in [0.25, 0.3) is 5.91 Å². The van der Waals surface area contributed by atoms with E-state index in [-0.39, 0.29) is 31.0 Å². The molecule has 1 aliphatic heterocycles. The van der Waals surface area contributed by atoms with Crippen molar-refractivity contribution in [2.24, 2.45) is 0 Å². The van der Waals surface area contributed by atoms with Crippen molar-refractivity contribution in [2.75, 3.05) is 37.0 Å². The van der Waals surface area contributed by atoms with Gasteiger partial charge in [-0.1, -0.05) is 60.7 Å². The molecule has 1 atom stereocenters. The highest BCUT2D eigenvalue weighted by Gasteiger charge is 2.32. The third kappa shape index (κ3) is 7.72. The van der Waals surface area contributed by atoms with Crippen LogP contribution in [0.4, 0.5) is 16.2 Å².